The average molecular weight is 322 g/mol. The highest BCUT2D eigenvalue weighted by molar-refractivity contribution is 5.85. The number of fused-ring (bicyclic) bond motifs is 3. The molecule has 0 radical (unpaired) electrons. The van der Waals surface area contributed by atoms with Gasteiger partial charge in [-0.25, -0.2) is 0 Å². The van der Waals surface area contributed by atoms with E-state index in [9.17, 15) is 0 Å². The zero-order valence-corrected chi connectivity index (χ0v) is 15.4. The minimum absolute atomic E-state index is 0. The van der Waals surface area contributed by atoms with Crippen LogP contribution in [0, 0.1) is 11.3 Å². The van der Waals surface area contributed by atoms with Crippen molar-refractivity contribution in [1.29, 1.82) is 0 Å². The molecule has 3 rings (SSSR count). The Labute approximate surface area is 142 Å². The predicted octanol–water partition coefficient (Wildman–Crippen LogP) is 5.20. The van der Waals surface area contributed by atoms with Crippen molar-refractivity contribution in [2.75, 3.05) is 6.54 Å². The first-order valence-electron chi connectivity index (χ1n) is 8.74. The Balaban J connectivity index is 0.00000176. The van der Waals surface area contributed by atoms with Gasteiger partial charge in [0.15, 0.2) is 0 Å². The number of aryl methyl sites for hydroxylation is 1. The normalized spacial score (nSPS) is 33.8. The zero-order chi connectivity index (χ0) is 15.3. The largest absolute Gasteiger partial charge is 0.330 e. The molecule has 1 nitrogen and oxygen atoms in total. The van der Waals surface area contributed by atoms with Crippen molar-refractivity contribution in [2.24, 2.45) is 17.1 Å². The second-order valence-electron chi connectivity index (χ2n) is 8.29. The topological polar surface area (TPSA) is 26.0 Å². The molecule has 0 spiro atoms. The second kappa shape index (κ2) is 6.17. The van der Waals surface area contributed by atoms with Gasteiger partial charge in [-0.3, -0.25) is 0 Å². The SMILES string of the molecule is CC(C)c1ccc2c(c1)CCC1C(C)(CN)CCC[C@]21C.Cl. The van der Waals surface area contributed by atoms with Crippen LogP contribution in [0.5, 0.6) is 0 Å². The maximum absolute atomic E-state index is 6.19. The Hall–Kier alpha value is -0.530. The van der Waals surface area contributed by atoms with E-state index in [4.69, 9.17) is 5.73 Å². The third-order valence-corrected chi connectivity index (χ3v) is 6.63. The number of nitrogens with two attached hydrogens (primary N) is 1. The maximum Gasteiger partial charge on any atom is -0.00202 e. The summed E-state index contributed by atoms with van der Waals surface area (Å²) in [6, 6.07) is 7.29. The standard InChI is InChI=1S/C20H31N.ClH/c1-14(2)15-6-8-17-16(12-15)7-9-18-19(3,13-21)10-5-11-20(17,18)4;/h6,8,12,14,18H,5,7,9-11,13,21H2,1-4H3;1H/t18?,19?,20-;/m1./s1. The van der Waals surface area contributed by atoms with E-state index in [0.29, 0.717) is 16.7 Å². The van der Waals surface area contributed by atoms with Crippen LogP contribution in [0.4, 0.5) is 0 Å². The van der Waals surface area contributed by atoms with Crippen LogP contribution >= 0.6 is 12.4 Å². The molecule has 1 aromatic carbocycles. The first kappa shape index (κ1) is 17.8. The molecule has 1 saturated carbocycles. The first-order valence-corrected chi connectivity index (χ1v) is 8.74. The van der Waals surface area contributed by atoms with E-state index < -0.39 is 0 Å². The van der Waals surface area contributed by atoms with Crippen LogP contribution in [0.1, 0.15) is 76.0 Å². The van der Waals surface area contributed by atoms with Gasteiger partial charge in [-0.05, 0) is 71.6 Å². The van der Waals surface area contributed by atoms with Crippen LogP contribution in [0.2, 0.25) is 0 Å². The molecule has 2 unspecified atom stereocenters. The smallest absolute Gasteiger partial charge is 0.00202 e. The van der Waals surface area contributed by atoms with Gasteiger partial charge in [-0.2, -0.15) is 0 Å². The molecule has 2 aliphatic carbocycles. The molecule has 0 amide bonds. The van der Waals surface area contributed by atoms with E-state index in [1.54, 1.807) is 11.1 Å². The molecule has 2 N–H and O–H groups in total. The third kappa shape index (κ3) is 2.61. The Morgan fingerprint density at radius 2 is 1.95 bits per heavy atom. The first-order chi connectivity index (χ1) is 9.90. The van der Waals surface area contributed by atoms with Gasteiger partial charge < -0.3 is 5.73 Å². The number of benzene rings is 1. The van der Waals surface area contributed by atoms with Crippen LogP contribution in [0.25, 0.3) is 0 Å². The molecule has 0 saturated heterocycles. The predicted molar refractivity (Wildman–Crippen MR) is 98.0 cm³/mol. The van der Waals surface area contributed by atoms with E-state index in [2.05, 4.69) is 45.9 Å². The fourth-order valence-corrected chi connectivity index (χ4v) is 5.25. The van der Waals surface area contributed by atoms with E-state index in [0.717, 1.165) is 12.5 Å². The van der Waals surface area contributed by atoms with Crippen LogP contribution < -0.4 is 5.73 Å². The summed E-state index contributed by atoms with van der Waals surface area (Å²) < 4.78 is 0. The van der Waals surface area contributed by atoms with Crippen molar-refractivity contribution >= 4 is 12.4 Å². The van der Waals surface area contributed by atoms with Crippen molar-refractivity contribution in [3.8, 4) is 0 Å². The van der Waals surface area contributed by atoms with Crippen molar-refractivity contribution < 1.29 is 0 Å². The fourth-order valence-electron chi connectivity index (χ4n) is 5.25. The van der Waals surface area contributed by atoms with Gasteiger partial charge in [-0.1, -0.05) is 52.3 Å². The molecule has 1 fully saturated rings. The Morgan fingerprint density at radius 1 is 1.23 bits per heavy atom. The Morgan fingerprint density at radius 3 is 2.59 bits per heavy atom. The molecule has 22 heavy (non-hydrogen) atoms. The van der Waals surface area contributed by atoms with Gasteiger partial charge in [0.05, 0.1) is 0 Å². The fraction of sp³-hybridized carbons (Fsp3) is 0.700. The molecule has 2 aliphatic rings. The van der Waals surface area contributed by atoms with Crippen molar-refractivity contribution in [3.63, 3.8) is 0 Å². The molecule has 0 heterocycles. The average Bonchev–Trinajstić information content (AvgIpc) is 2.46. The highest BCUT2D eigenvalue weighted by Gasteiger charge is 2.50. The van der Waals surface area contributed by atoms with Gasteiger partial charge in [0.2, 0.25) is 0 Å². The number of hydrogen-bond acceptors (Lipinski definition) is 1. The summed E-state index contributed by atoms with van der Waals surface area (Å²) in [4.78, 5) is 0. The van der Waals surface area contributed by atoms with Gasteiger partial charge in [0, 0.05) is 0 Å². The lowest BCUT2D eigenvalue weighted by atomic mass is 9.50. The second-order valence-corrected chi connectivity index (χ2v) is 8.29. The molecular formula is C20H32ClN. The molecule has 0 aromatic heterocycles. The number of halogens is 1. The quantitative estimate of drug-likeness (QED) is 0.796. The molecule has 0 bridgehead atoms. The number of hydrogen-bond donors (Lipinski definition) is 1. The van der Waals surface area contributed by atoms with Crippen molar-refractivity contribution in [1.82, 2.24) is 0 Å². The van der Waals surface area contributed by atoms with Crippen LogP contribution in [0.15, 0.2) is 18.2 Å². The minimum Gasteiger partial charge on any atom is -0.330 e. The van der Waals surface area contributed by atoms with Crippen molar-refractivity contribution in [3.05, 3.63) is 34.9 Å². The highest BCUT2D eigenvalue weighted by atomic mass is 35.5. The van der Waals surface area contributed by atoms with E-state index in [1.165, 1.54) is 37.7 Å². The lowest BCUT2D eigenvalue weighted by molar-refractivity contribution is 0.0326. The minimum atomic E-state index is 0. The summed E-state index contributed by atoms with van der Waals surface area (Å²) in [5.74, 6) is 1.38. The zero-order valence-electron chi connectivity index (χ0n) is 14.6. The summed E-state index contributed by atoms with van der Waals surface area (Å²) >= 11 is 0. The monoisotopic (exact) mass is 321 g/mol. The van der Waals surface area contributed by atoms with Crippen LogP contribution in [-0.4, -0.2) is 6.54 Å². The van der Waals surface area contributed by atoms with Gasteiger partial charge in [-0.15, -0.1) is 12.4 Å². The Bertz CT molecular complexity index is 539. The highest BCUT2D eigenvalue weighted by Crippen LogP contribution is 2.56. The van der Waals surface area contributed by atoms with E-state index in [1.807, 2.05) is 0 Å². The molecule has 2 heteroatoms. The third-order valence-electron chi connectivity index (χ3n) is 6.63. The van der Waals surface area contributed by atoms with E-state index >= 15 is 0 Å². The lowest BCUT2D eigenvalue weighted by Gasteiger charge is -2.55. The van der Waals surface area contributed by atoms with Crippen molar-refractivity contribution in [2.45, 2.75) is 71.1 Å². The molecule has 0 aliphatic heterocycles. The van der Waals surface area contributed by atoms with Crippen LogP contribution in [-0.2, 0) is 11.8 Å². The Kier molecular flexibility index (Phi) is 5.00. The van der Waals surface area contributed by atoms with Gasteiger partial charge >= 0.3 is 0 Å². The maximum atomic E-state index is 6.19. The summed E-state index contributed by atoms with van der Waals surface area (Å²) in [6.45, 7) is 10.4. The molecule has 124 valence electrons. The number of rotatable bonds is 2. The molecular weight excluding hydrogens is 290 g/mol. The van der Waals surface area contributed by atoms with Crippen LogP contribution in [0.3, 0.4) is 0 Å². The summed E-state index contributed by atoms with van der Waals surface area (Å²) in [5.41, 5.74) is 11.6. The lowest BCUT2D eigenvalue weighted by Crippen LogP contribution is -2.51. The summed E-state index contributed by atoms with van der Waals surface area (Å²) in [5, 5.41) is 0. The molecule has 3 atom stereocenters. The summed E-state index contributed by atoms with van der Waals surface area (Å²) in [7, 11) is 0. The van der Waals surface area contributed by atoms with E-state index in [-0.39, 0.29) is 12.4 Å². The summed E-state index contributed by atoms with van der Waals surface area (Å²) in [6.07, 6.45) is 6.53. The molecule has 1 aromatic rings. The van der Waals surface area contributed by atoms with Gasteiger partial charge in [0.25, 0.3) is 0 Å². The van der Waals surface area contributed by atoms with Gasteiger partial charge in [0.1, 0.15) is 0 Å².